The topological polar surface area (TPSA) is 72.9 Å². The number of rotatable bonds is 3. The predicted molar refractivity (Wildman–Crippen MR) is 75.6 cm³/mol. The van der Waals surface area contributed by atoms with Gasteiger partial charge in [-0.2, -0.15) is 0 Å². The lowest BCUT2D eigenvalue weighted by Crippen LogP contribution is -2.61. The van der Waals surface area contributed by atoms with Crippen LogP contribution in [0.2, 0.25) is 0 Å². The second-order valence-corrected chi connectivity index (χ2v) is 6.05. The van der Waals surface area contributed by atoms with E-state index in [9.17, 15) is 14.7 Å². The molecule has 0 aromatic heterocycles. The van der Waals surface area contributed by atoms with Crippen LogP contribution in [0.4, 0.5) is 4.79 Å². The molecule has 0 aliphatic carbocycles. The molecular formula is C14H25N3O3. The van der Waals surface area contributed by atoms with Crippen molar-refractivity contribution in [1.29, 1.82) is 0 Å². The van der Waals surface area contributed by atoms with Crippen LogP contribution in [0.1, 0.15) is 39.5 Å². The van der Waals surface area contributed by atoms with Crippen molar-refractivity contribution < 1.29 is 14.7 Å². The molecule has 0 radical (unpaired) electrons. The van der Waals surface area contributed by atoms with E-state index in [1.165, 1.54) is 12.8 Å². The van der Waals surface area contributed by atoms with Crippen molar-refractivity contribution in [2.75, 3.05) is 26.2 Å². The summed E-state index contributed by atoms with van der Waals surface area (Å²) in [5, 5.41) is 11.9. The molecule has 0 saturated carbocycles. The Hall–Kier alpha value is -1.30. The molecule has 6 heteroatoms. The molecule has 20 heavy (non-hydrogen) atoms. The van der Waals surface area contributed by atoms with Gasteiger partial charge in [0.05, 0.1) is 0 Å². The number of carboxylic acid groups (broad SMARTS) is 1. The molecule has 2 amide bonds. The monoisotopic (exact) mass is 283 g/mol. The summed E-state index contributed by atoms with van der Waals surface area (Å²) in [6.45, 7) is 6.75. The number of piperidine rings is 1. The van der Waals surface area contributed by atoms with Crippen LogP contribution in [0.25, 0.3) is 0 Å². The highest BCUT2D eigenvalue weighted by molar-refractivity contribution is 5.85. The second kappa shape index (κ2) is 5.99. The zero-order chi connectivity index (χ0) is 14.8. The highest BCUT2D eigenvalue weighted by Gasteiger charge is 2.36. The smallest absolute Gasteiger partial charge is 0.329 e. The number of hydrogen-bond donors (Lipinski definition) is 2. The van der Waals surface area contributed by atoms with E-state index in [2.05, 4.69) is 10.2 Å². The minimum absolute atomic E-state index is 0.248. The SMILES string of the molecule is CCC(C)(NC(=O)N1CCN2CCCCC2C1)C(=O)O. The summed E-state index contributed by atoms with van der Waals surface area (Å²) in [6, 6.07) is 0.197. The van der Waals surface area contributed by atoms with Gasteiger partial charge in [-0.05, 0) is 32.7 Å². The summed E-state index contributed by atoms with van der Waals surface area (Å²) in [4.78, 5) is 27.8. The number of hydrogen-bond acceptors (Lipinski definition) is 3. The van der Waals surface area contributed by atoms with E-state index in [1.54, 1.807) is 18.7 Å². The van der Waals surface area contributed by atoms with Crippen molar-refractivity contribution in [1.82, 2.24) is 15.1 Å². The molecule has 2 atom stereocenters. The molecule has 2 unspecified atom stereocenters. The van der Waals surface area contributed by atoms with Crippen LogP contribution in [0.15, 0.2) is 0 Å². The highest BCUT2D eigenvalue weighted by Crippen LogP contribution is 2.21. The van der Waals surface area contributed by atoms with E-state index in [-0.39, 0.29) is 6.03 Å². The molecule has 6 nitrogen and oxygen atoms in total. The van der Waals surface area contributed by atoms with Gasteiger partial charge >= 0.3 is 12.0 Å². The van der Waals surface area contributed by atoms with Gasteiger partial charge in [0.25, 0.3) is 0 Å². The molecule has 2 N–H and O–H groups in total. The van der Waals surface area contributed by atoms with Crippen molar-refractivity contribution in [3.63, 3.8) is 0 Å². The van der Waals surface area contributed by atoms with Crippen LogP contribution in [0.3, 0.4) is 0 Å². The average Bonchev–Trinajstić information content (AvgIpc) is 2.46. The Bertz CT molecular complexity index is 388. The molecule has 0 bridgehead atoms. The maximum absolute atomic E-state index is 12.3. The number of carboxylic acids is 1. The first-order valence-corrected chi connectivity index (χ1v) is 7.51. The van der Waals surface area contributed by atoms with Crippen LogP contribution in [0, 0.1) is 0 Å². The third-order valence-corrected chi connectivity index (χ3v) is 4.69. The van der Waals surface area contributed by atoms with Crippen LogP contribution in [-0.4, -0.2) is 64.7 Å². The average molecular weight is 283 g/mol. The predicted octanol–water partition coefficient (Wildman–Crippen LogP) is 1.12. The number of aliphatic carboxylic acids is 1. The van der Waals surface area contributed by atoms with Gasteiger partial charge in [0.15, 0.2) is 0 Å². The Kier molecular flexibility index (Phi) is 4.52. The zero-order valence-electron chi connectivity index (χ0n) is 12.4. The third-order valence-electron chi connectivity index (χ3n) is 4.69. The van der Waals surface area contributed by atoms with Crippen molar-refractivity contribution in [2.45, 2.75) is 51.1 Å². The number of nitrogens with zero attached hydrogens (tertiary/aromatic N) is 2. The van der Waals surface area contributed by atoms with Gasteiger partial charge in [0.1, 0.15) is 5.54 Å². The molecule has 0 aromatic rings. The van der Waals surface area contributed by atoms with Gasteiger partial charge in [0, 0.05) is 25.7 Å². The summed E-state index contributed by atoms with van der Waals surface area (Å²) < 4.78 is 0. The van der Waals surface area contributed by atoms with Crippen LogP contribution in [-0.2, 0) is 4.79 Å². The van der Waals surface area contributed by atoms with E-state index in [0.29, 0.717) is 25.6 Å². The largest absolute Gasteiger partial charge is 0.480 e. The molecule has 2 fully saturated rings. The number of nitrogens with one attached hydrogen (secondary N) is 1. The maximum atomic E-state index is 12.3. The standard InChI is InChI=1S/C14H25N3O3/c1-3-14(2,12(18)19)15-13(20)17-9-8-16-7-5-4-6-11(16)10-17/h11H,3-10H2,1-2H3,(H,15,20)(H,18,19). The summed E-state index contributed by atoms with van der Waals surface area (Å²) in [5.74, 6) is -0.982. The van der Waals surface area contributed by atoms with E-state index in [4.69, 9.17) is 0 Å². The fraction of sp³-hybridized carbons (Fsp3) is 0.857. The molecular weight excluding hydrogens is 258 g/mol. The molecule has 2 aliphatic heterocycles. The molecule has 0 spiro atoms. The fourth-order valence-corrected chi connectivity index (χ4v) is 2.95. The van der Waals surface area contributed by atoms with Crippen LogP contribution < -0.4 is 5.32 Å². The lowest BCUT2D eigenvalue weighted by atomic mass is 9.98. The quantitative estimate of drug-likeness (QED) is 0.814. The lowest BCUT2D eigenvalue weighted by Gasteiger charge is -2.44. The Morgan fingerprint density at radius 2 is 2.05 bits per heavy atom. The zero-order valence-corrected chi connectivity index (χ0v) is 12.4. The van der Waals surface area contributed by atoms with Crippen LogP contribution in [0.5, 0.6) is 0 Å². The molecule has 0 aromatic carbocycles. The first kappa shape index (κ1) is 15.1. The first-order chi connectivity index (χ1) is 9.46. The van der Waals surface area contributed by atoms with Gasteiger partial charge in [-0.3, -0.25) is 4.90 Å². The summed E-state index contributed by atoms with van der Waals surface area (Å²) in [6.07, 6.45) is 3.97. The molecule has 2 saturated heterocycles. The lowest BCUT2D eigenvalue weighted by molar-refractivity contribution is -0.143. The Labute approximate surface area is 120 Å². The number of amides is 2. The fourth-order valence-electron chi connectivity index (χ4n) is 2.95. The maximum Gasteiger partial charge on any atom is 0.329 e. The molecule has 114 valence electrons. The van der Waals surface area contributed by atoms with E-state index < -0.39 is 11.5 Å². The number of carbonyl (C=O) groups excluding carboxylic acids is 1. The number of carbonyl (C=O) groups is 2. The Morgan fingerprint density at radius 3 is 2.70 bits per heavy atom. The normalized spacial score (nSPS) is 26.5. The number of urea groups is 1. The minimum atomic E-state index is -1.18. The van der Waals surface area contributed by atoms with Gasteiger partial charge in [0.2, 0.25) is 0 Å². The van der Waals surface area contributed by atoms with Gasteiger partial charge < -0.3 is 15.3 Å². The summed E-state index contributed by atoms with van der Waals surface area (Å²) in [5.41, 5.74) is -1.18. The third kappa shape index (κ3) is 3.06. The highest BCUT2D eigenvalue weighted by atomic mass is 16.4. The molecule has 2 heterocycles. The van der Waals surface area contributed by atoms with E-state index in [0.717, 1.165) is 19.5 Å². The Balaban J connectivity index is 1.94. The first-order valence-electron chi connectivity index (χ1n) is 7.51. The van der Waals surface area contributed by atoms with Crippen molar-refractivity contribution in [2.24, 2.45) is 0 Å². The molecule has 2 rings (SSSR count). The van der Waals surface area contributed by atoms with Gasteiger partial charge in [-0.15, -0.1) is 0 Å². The summed E-state index contributed by atoms with van der Waals surface area (Å²) in [7, 11) is 0. The van der Waals surface area contributed by atoms with Crippen molar-refractivity contribution >= 4 is 12.0 Å². The van der Waals surface area contributed by atoms with Crippen molar-refractivity contribution in [3.8, 4) is 0 Å². The second-order valence-electron chi connectivity index (χ2n) is 6.05. The summed E-state index contributed by atoms with van der Waals surface area (Å²) >= 11 is 0. The van der Waals surface area contributed by atoms with Crippen molar-refractivity contribution in [3.05, 3.63) is 0 Å². The Morgan fingerprint density at radius 1 is 1.30 bits per heavy atom. The number of piperazine rings is 1. The van der Waals surface area contributed by atoms with Gasteiger partial charge in [-0.25, -0.2) is 9.59 Å². The molecule has 2 aliphatic rings. The number of fused-ring (bicyclic) bond motifs is 1. The minimum Gasteiger partial charge on any atom is -0.480 e. The van der Waals surface area contributed by atoms with E-state index >= 15 is 0 Å². The van der Waals surface area contributed by atoms with E-state index in [1.807, 2.05) is 0 Å². The van der Waals surface area contributed by atoms with Gasteiger partial charge in [-0.1, -0.05) is 13.3 Å². The van der Waals surface area contributed by atoms with Crippen LogP contribution >= 0.6 is 0 Å².